The maximum atomic E-state index is 13.0. The van der Waals surface area contributed by atoms with Crippen LogP contribution in [-0.2, 0) is 21.7 Å². The fourth-order valence-electron chi connectivity index (χ4n) is 4.49. The Balaban J connectivity index is 2.49. The van der Waals surface area contributed by atoms with Gasteiger partial charge in [-0.1, -0.05) is 58.4 Å². The molecule has 1 fully saturated rings. The molecule has 6 heteroatoms. The summed E-state index contributed by atoms with van der Waals surface area (Å²) in [5.41, 5.74) is 1.07. The van der Waals surface area contributed by atoms with E-state index in [2.05, 4.69) is 25.5 Å². The van der Waals surface area contributed by atoms with Gasteiger partial charge in [0.2, 0.25) is 0 Å². The highest BCUT2D eigenvalue weighted by atomic mass is 35.5. The van der Waals surface area contributed by atoms with Crippen molar-refractivity contribution in [3.63, 3.8) is 0 Å². The molecule has 0 radical (unpaired) electrons. The van der Waals surface area contributed by atoms with Crippen LogP contribution in [0, 0.1) is 23.2 Å². The molecule has 1 unspecified atom stereocenters. The first kappa shape index (κ1) is 25.5. The van der Waals surface area contributed by atoms with Crippen LogP contribution in [0.15, 0.2) is 18.2 Å². The Hall–Kier alpha value is -0.750. The van der Waals surface area contributed by atoms with E-state index in [-0.39, 0.29) is 11.3 Å². The summed E-state index contributed by atoms with van der Waals surface area (Å²) in [4.78, 5) is 12.2. The van der Waals surface area contributed by atoms with Gasteiger partial charge in [0.25, 0.3) is 0 Å². The highest BCUT2D eigenvalue weighted by Gasteiger charge is 2.49. The molecule has 1 aromatic rings. The lowest BCUT2D eigenvalue weighted by Gasteiger charge is -2.40. The molecule has 1 saturated carbocycles. The van der Waals surface area contributed by atoms with Crippen molar-refractivity contribution in [2.24, 2.45) is 23.2 Å². The van der Waals surface area contributed by atoms with E-state index >= 15 is 0 Å². The molecule has 0 heterocycles. The van der Waals surface area contributed by atoms with Crippen LogP contribution >= 0.6 is 11.6 Å². The third kappa shape index (κ3) is 5.35. The van der Waals surface area contributed by atoms with E-state index in [1.165, 1.54) is 0 Å². The molecule has 0 saturated heterocycles. The summed E-state index contributed by atoms with van der Waals surface area (Å²) < 4.78 is 15.6. The minimum Gasteiger partial charge on any atom is -0.598 e. The third-order valence-electron chi connectivity index (χ3n) is 6.32. The Bertz CT molecular complexity index is 784. The van der Waals surface area contributed by atoms with Crippen LogP contribution in [0.2, 0.25) is 5.02 Å². The van der Waals surface area contributed by atoms with Gasteiger partial charge in [0.1, 0.15) is 4.75 Å². The van der Waals surface area contributed by atoms with Crippen LogP contribution in [-0.4, -0.2) is 20.4 Å². The van der Waals surface area contributed by atoms with Gasteiger partial charge < -0.3 is 9.66 Å². The summed E-state index contributed by atoms with van der Waals surface area (Å²) in [5, 5.41) is 10.7. The number of carboxylic acid groups (broad SMARTS) is 1. The van der Waals surface area contributed by atoms with Gasteiger partial charge in [-0.05, 0) is 74.5 Å². The van der Waals surface area contributed by atoms with Crippen molar-refractivity contribution in [2.45, 2.75) is 84.9 Å². The molecule has 170 valence electrons. The first-order valence-corrected chi connectivity index (χ1v) is 12.3. The van der Waals surface area contributed by atoms with Gasteiger partial charge >= 0.3 is 5.97 Å². The monoisotopic (exact) mass is 455 g/mol. The summed E-state index contributed by atoms with van der Waals surface area (Å²) >= 11 is 5.28. The molecule has 1 aromatic carbocycles. The zero-order valence-corrected chi connectivity index (χ0v) is 21.4. The normalized spacial score (nSPS) is 23.7. The molecule has 1 aliphatic carbocycles. The van der Waals surface area contributed by atoms with Crippen LogP contribution in [0.4, 0.5) is 0 Å². The average Bonchev–Trinajstić information content (AvgIpc) is 3.33. The van der Waals surface area contributed by atoms with Gasteiger partial charge in [-0.2, -0.15) is 0 Å². The quantitative estimate of drug-likeness (QED) is 0.486. The van der Waals surface area contributed by atoms with E-state index < -0.39 is 33.5 Å². The number of aliphatic carboxylic acids is 1. The molecule has 0 aromatic heterocycles. The zero-order chi connectivity index (χ0) is 23.2. The van der Waals surface area contributed by atoms with E-state index in [0.717, 1.165) is 17.5 Å². The van der Waals surface area contributed by atoms with Crippen molar-refractivity contribution < 1.29 is 14.5 Å². The molecule has 0 aliphatic heterocycles. The predicted molar refractivity (Wildman–Crippen MR) is 126 cm³/mol. The van der Waals surface area contributed by atoms with E-state index in [4.69, 9.17) is 11.6 Å². The fraction of sp³-hybridized carbons (Fsp3) is 0.708. The number of hydrogen-bond donors (Lipinski definition) is 2. The standard InChI is InChI=1S/C24H38ClNO3S/c1-14(2)20(21(27)28)24(9,26-30(29)23(6,7)8)15-10-11-16(19(25)12-15)17-13-18(17)22(3,4)5/h10-12,14,17-18,20,26H,13H2,1-9H3,(H,27,28)/t17-,18+,20+,24+,30?/m0/s1. The van der Waals surface area contributed by atoms with E-state index in [0.29, 0.717) is 16.9 Å². The molecule has 2 N–H and O–H groups in total. The van der Waals surface area contributed by atoms with Gasteiger partial charge in [-0.3, -0.25) is 4.79 Å². The Morgan fingerprint density at radius 1 is 1.20 bits per heavy atom. The lowest BCUT2D eigenvalue weighted by atomic mass is 9.74. The van der Waals surface area contributed by atoms with Crippen molar-refractivity contribution in [2.75, 3.05) is 0 Å². The molecule has 5 atom stereocenters. The van der Waals surface area contributed by atoms with Crippen molar-refractivity contribution in [1.82, 2.24) is 4.72 Å². The molecule has 0 amide bonds. The van der Waals surface area contributed by atoms with E-state index in [9.17, 15) is 14.5 Å². The van der Waals surface area contributed by atoms with Gasteiger partial charge in [0.15, 0.2) is 0 Å². The van der Waals surface area contributed by atoms with Crippen LogP contribution in [0.1, 0.15) is 85.8 Å². The van der Waals surface area contributed by atoms with E-state index in [1.807, 2.05) is 59.7 Å². The summed E-state index contributed by atoms with van der Waals surface area (Å²) in [6.45, 7) is 18.0. The Morgan fingerprint density at radius 3 is 2.13 bits per heavy atom. The van der Waals surface area contributed by atoms with Gasteiger partial charge in [0, 0.05) is 16.4 Å². The topological polar surface area (TPSA) is 72.4 Å². The van der Waals surface area contributed by atoms with Gasteiger partial charge in [0.05, 0.1) is 11.5 Å². The fourth-order valence-corrected chi connectivity index (χ4v) is 5.75. The summed E-state index contributed by atoms with van der Waals surface area (Å²) in [5.74, 6) is -0.810. The number of rotatable bonds is 7. The number of hydrogen-bond acceptors (Lipinski definition) is 3. The molecule has 4 nitrogen and oxygen atoms in total. The first-order chi connectivity index (χ1) is 13.5. The van der Waals surface area contributed by atoms with Crippen LogP contribution in [0.5, 0.6) is 0 Å². The number of carbonyl (C=O) groups is 1. The Labute approximate surface area is 190 Å². The summed E-state index contributed by atoms with van der Waals surface area (Å²) in [6.07, 6.45) is 1.12. The number of benzene rings is 1. The second-order valence-corrected chi connectivity index (χ2v) is 13.7. The van der Waals surface area contributed by atoms with Crippen molar-refractivity contribution in [1.29, 1.82) is 0 Å². The first-order valence-electron chi connectivity index (χ1n) is 10.7. The number of nitrogens with one attached hydrogen (secondary N) is 1. The van der Waals surface area contributed by atoms with Crippen molar-refractivity contribution >= 4 is 28.9 Å². The highest BCUT2D eigenvalue weighted by molar-refractivity contribution is 7.90. The minimum absolute atomic E-state index is 0.163. The molecule has 30 heavy (non-hydrogen) atoms. The second kappa shape index (κ2) is 8.65. The molecule has 0 spiro atoms. The molecule has 0 bridgehead atoms. The van der Waals surface area contributed by atoms with Crippen LogP contribution in [0.25, 0.3) is 0 Å². The van der Waals surface area contributed by atoms with Crippen molar-refractivity contribution in [3.8, 4) is 0 Å². The number of carboxylic acids is 1. The lowest BCUT2D eigenvalue weighted by molar-refractivity contribution is -0.146. The number of halogens is 1. The second-order valence-electron chi connectivity index (χ2n) is 11.3. The predicted octanol–water partition coefficient (Wildman–Crippen LogP) is 6.11. The largest absolute Gasteiger partial charge is 0.598 e. The molecular weight excluding hydrogens is 418 g/mol. The smallest absolute Gasteiger partial charge is 0.309 e. The third-order valence-corrected chi connectivity index (χ3v) is 8.37. The molecule has 2 rings (SSSR count). The molecule has 1 aliphatic rings. The van der Waals surface area contributed by atoms with E-state index in [1.54, 1.807) is 0 Å². The maximum absolute atomic E-state index is 13.0. The van der Waals surface area contributed by atoms with Crippen LogP contribution < -0.4 is 4.72 Å². The van der Waals surface area contributed by atoms with Gasteiger partial charge in [-0.25, -0.2) is 0 Å². The summed E-state index contributed by atoms with van der Waals surface area (Å²) in [6, 6.07) is 5.87. The average molecular weight is 456 g/mol. The highest BCUT2D eigenvalue weighted by Crippen LogP contribution is 2.58. The maximum Gasteiger partial charge on any atom is 0.309 e. The summed E-state index contributed by atoms with van der Waals surface area (Å²) in [7, 11) is 0. The Kier molecular flexibility index (Phi) is 7.35. The minimum atomic E-state index is -1.44. The van der Waals surface area contributed by atoms with Crippen molar-refractivity contribution in [3.05, 3.63) is 34.3 Å². The Morgan fingerprint density at radius 2 is 1.77 bits per heavy atom. The SMILES string of the molecule is CC(C)[C@H](C(=O)O)[C@](C)(N[S+]([O-])C(C)(C)C)c1ccc([C@@H]2C[C@H]2C(C)(C)C)c(Cl)c1. The molecular formula is C24H38ClNO3S. The lowest BCUT2D eigenvalue weighted by Crippen LogP contribution is -2.56. The zero-order valence-electron chi connectivity index (χ0n) is 19.8. The van der Waals surface area contributed by atoms with Crippen LogP contribution in [0.3, 0.4) is 0 Å². The van der Waals surface area contributed by atoms with Gasteiger partial charge in [-0.15, -0.1) is 4.72 Å².